The number of rotatable bonds is 5. The Hall–Kier alpha value is -1.69. The van der Waals surface area contributed by atoms with E-state index < -0.39 is 0 Å². The lowest BCUT2D eigenvalue weighted by molar-refractivity contribution is 0.0224. The van der Waals surface area contributed by atoms with Crippen molar-refractivity contribution in [3.63, 3.8) is 0 Å². The Morgan fingerprint density at radius 3 is 2.78 bits per heavy atom. The molecule has 5 heteroatoms. The van der Waals surface area contributed by atoms with Gasteiger partial charge in [-0.25, -0.2) is 4.79 Å². The van der Waals surface area contributed by atoms with Crippen LogP contribution in [0.15, 0.2) is 33.5 Å². The Labute approximate surface area is 160 Å². The third-order valence-corrected chi connectivity index (χ3v) is 5.92. The van der Waals surface area contributed by atoms with Gasteiger partial charge in [0.05, 0.1) is 13.2 Å². The molecule has 0 spiro atoms. The summed E-state index contributed by atoms with van der Waals surface area (Å²) in [6.07, 6.45) is 3.51. The lowest BCUT2D eigenvalue weighted by Crippen LogP contribution is -2.44. The Bertz CT molecular complexity index is 826. The summed E-state index contributed by atoms with van der Waals surface area (Å²) < 4.78 is 10.9. The fourth-order valence-corrected chi connectivity index (χ4v) is 4.46. The highest BCUT2D eigenvalue weighted by Gasteiger charge is 2.23. The third-order valence-electron chi connectivity index (χ3n) is 5.92. The Morgan fingerprint density at radius 1 is 1.11 bits per heavy atom. The van der Waals surface area contributed by atoms with Crippen molar-refractivity contribution in [1.29, 1.82) is 0 Å². The van der Waals surface area contributed by atoms with Gasteiger partial charge in [0, 0.05) is 44.2 Å². The van der Waals surface area contributed by atoms with Gasteiger partial charge in [0.25, 0.3) is 0 Å². The van der Waals surface area contributed by atoms with E-state index in [0.717, 1.165) is 69.9 Å². The highest BCUT2D eigenvalue weighted by Crippen LogP contribution is 2.24. The van der Waals surface area contributed by atoms with Crippen molar-refractivity contribution in [3.8, 4) is 0 Å². The van der Waals surface area contributed by atoms with Crippen molar-refractivity contribution in [3.05, 3.63) is 45.8 Å². The van der Waals surface area contributed by atoms with Crippen LogP contribution in [0.1, 0.15) is 30.9 Å². The van der Waals surface area contributed by atoms with Crippen molar-refractivity contribution in [2.24, 2.45) is 5.92 Å². The molecule has 1 atom stereocenters. The molecule has 2 aliphatic heterocycles. The molecule has 0 bridgehead atoms. The van der Waals surface area contributed by atoms with E-state index >= 15 is 0 Å². The number of benzene rings is 1. The molecule has 0 N–H and O–H groups in total. The third kappa shape index (κ3) is 4.60. The summed E-state index contributed by atoms with van der Waals surface area (Å²) in [7, 11) is 0. The molecule has 0 aliphatic carbocycles. The molecular formula is C22H30N2O3. The number of hydrogen-bond acceptors (Lipinski definition) is 5. The van der Waals surface area contributed by atoms with E-state index in [-0.39, 0.29) is 5.63 Å². The van der Waals surface area contributed by atoms with Crippen LogP contribution in [-0.4, -0.2) is 55.7 Å². The minimum Gasteiger partial charge on any atom is -0.423 e. The lowest BCUT2D eigenvalue weighted by atomic mass is 9.96. The molecule has 2 aliphatic rings. The molecule has 146 valence electrons. The monoisotopic (exact) mass is 370 g/mol. The summed E-state index contributed by atoms with van der Waals surface area (Å²) in [6, 6.07) is 7.86. The summed E-state index contributed by atoms with van der Waals surface area (Å²) in [5.41, 5.74) is 2.84. The molecule has 4 rings (SSSR count). The highest BCUT2D eigenvalue weighted by molar-refractivity contribution is 5.80. The summed E-state index contributed by atoms with van der Waals surface area (Å²) in [6.45, 7) is 10.2. The van der Waals surface area contributed by atoms with Crippen LogP contribution in [-0.2, 0) is 17.7 Å². The minimum absolute atomic E-state index is 0.247. The van der Waals surface area contributed by atoms with E-state index in [1.54, 1.807) is 6.07 Å². The largest absolute Gasteiger partial charge is 0.423 e. The molecule has 2 aromatic rings. The molecular weight excluding hydrogens is 340 g/mol. The SMILES string of the molecule is CCc1ccc2oc(=O)cc(CN3CCCC(CN4CCOCC4)C3)c2c1. The summed E-state index contributed by atoms with van der Waals surface area (Å²) >= 11 is 0. The van der Waals surface area contributed by atoms with Crippen LogP contribution in [0.4, 0.5) is 0 Å². The summed E-state index contributed by atoms with van der Waals surface area (Å²) in [5.74, 6) is 0.703. The zero-order valence-electron chi connectivity index (χ0n) is 16.3. The van der Waals surface area contributed by atoms with Crippen LogP contribution in [0.5, 0.6) is 0 Å². The number of aryl methyl sites for hydroxylation is 1. The molecule has 2 fully saturated rings. The molecule has 1 unspecified atom stereocenters. The summed E-state index contributed by atoms with van der Waals surface area (Å²) in [4.78, 5) is 17.1. The molecule has 5 nitrogen and oxygen atoms in total. The Kier molecular flexibility index (Phi) is 5.91. The van der Waals surface area contributed by atoms with Crippen molar-refractivity contribution in [1.82, 2.24) is 9.80 Å². The molecule has 0 saturated carbocycles. The average Bonchev–Trinajstić information content (AvgIpc) is 2.69. The number of fused-ring (bicyclic) bond motifs is 1. The predicted molar refractivity (Wildman–Crippen MR) is 107 cm³/mol. The fraction of sp³-hybridized carbons (Fsp3) is 0.591. The first kappa shape index (κ1) is 18.7. The second-order valence-corrected chi connectivity index (χ2v) is 7.93. The number of piperidine rings is 1. The van der Waals surface area contributed by atoms with Gasteiger partial charge in [-0.05, 0) is 55.0 Å². The maximum atomic E-state index is 12.0. The molecule has 1 aromatic carbocycles. The number of nitrogens with zero attached hydrogens (tertiary/aromatic N) is 2. The van der Waals surface area contributed by atoms with E-state index in [2.05, 4.69) is 22.8 Å². The van der Waals surface area contributed by atoms with E-state index in [0.29, 0.717) is 11.5 Å². The number of morpholine rings is 1. The van der Waals surface area contributed by atoms with Gasteiger partial charge in [-0.1, -0.05) is 13.0 Å². The average molecular weight is 370 g/mol. The Morgan fingerprint density at radius 2 is 1.96 bits per heavy atom. The van der Waals surface area contributed by atoms with Gasteiger partial charge in [-0.2, -0.15) is 0 Å². The van der Waals surface area contributed by atoms with Crippen molar-refractivity contribution in [2.75, 3.05) is 45.9 Å². The van der Waals surface area contributed by atoms with Crippen LogP contribution in [0.25, 0.3) is 11.0 Å². The first-order valence-electron chi connectivity index (χ1n) is 10.3. The first-order chi connectivity index (χ1) is 13.2. The van der Waals surface area contributed by atoms with Crippen molar-refractivity contribution >= 4 is 11.0 Å². The number of hydrogen-bond donors (Lipinski definition) is 0. The van der Waals surface area contributed by atoms with Gasteiger partial charge >= 0.3 is 5.63 Å². The molecule has 1 aromatic heterocycles. The molecule has 0 amide bonds. The van der Waals surface area contributed by atoms with Crippen molar-refractivity contribution in [2.45, 2.75) is 32.7 Å². The quantitative estimate of drug-likeness (QED) is 0.758. The van der Waals surface area contributed by atoms with E-state index in [1.165, 1.54) is 18.4 Å². The molecule has 3 heterocycles. The minimum atomic E-state index is -0.247. The first-order valence-corrected chi connectivity index (χ1v) is 10.3. The maximum Gasteiger partial charge on any atom is 0.336 e. The topological polar surface area (TPSA) is 45.9 Å². The normalized spacial score (nSPS) is 22.3. The number of likely N-dealkylation sites (tertiary alicyclic amines) is 1. The van der Waals surface area contributed by atoms with Crippen LogP contribution in [0.3, 0.4) is 0 Å². The van der Waals surface area contributed by atoms with Crippen LogP contribution >= 0.6 is 0 Å². The second-order valence-electron chi connectivity index (χ2n) is 7.93. The van der Waals surface area contributed by atoms with Gasteiger partial charge in [0.15, 0.2) is 0 Å². The van der Waals surface area contributed by atoms with Crippen LogP contribution in [0, 0.1) is 5.92 Å². The zero-order valence-corrected chi connectivity index (χ0v) is 16.3. The van der Waals surface area contributed by atoms with Crippen molar-refractivity contribution < 1.29 is 9.15 Å². The van der Waals surface area contributed by atoms with E-state index in [1.807, 2.05) is 12.1 Å². The molecule has 0 radical (unpaired) electrons. The van der Waals surface area contributed by atoms with Gasteiger partial charge in [-0.3, -0.25) is 9.80 Å². The number of ether oxygens (including phenoxy) is 1. The summed E-state index contributed by atoms with van der Waals surface area (Å²) in [5, 5.41) is 1.09. The Balaban J connectivity index is 1.48. The molecule has 2 saturated heterocycles. The van der Waals surface area contributed by atoms with E-state index in [4.69, 9.17) is 9.15 Å². The maximum absolute atomic E-state index is 12.0. The highest BCUT2D eigenvalue weighted by atomic mass is 16.5. The van der Waals surface area contributed by atoms with Gasteiger partial charge in [0.1, 0.15) is 5.58 Å². The second kappa shape index (κ2) is 8.55. The lowest BCUT2D eigenvalue weighted by Gasteiger charge is -2.36. The smallest absolute Gasteiger partial charge is 0.336 e. The van der Waals surface area contributed by atoms with Gasteiger partial charge < -0.3 is 9.15 Å². The van der Waals surface area contributed by atoms with Crippen LogP contribution < -0.4 is 5.63 Å². The van der Waals surface area contributed by atoms with Gasteiger partial charge in [0.2, 0.25) is 0 Å². The molecule has 27 heavy (non-hydrogen) atoms. The van der Waals surface area contributed by atoms with Crippen LogP contribution in [0.2, 0.25) is 0 Å². The fourth-order valence-electron chi connectivity index (χ4n) is 4.46. The van der Waals surface area contributed by atoms with Gasteiger partial charge in [-0.15, -0.1) is 0 Å². The van der Waals surface area contributed by atoms with E-state index in [9.17, 15) is 4.79 Å². The zero-order chi connectivity index (χ0) is 18.6. The predicted octanol–water partition coefficient (Wildman–Crippen LogP) is 2.90. The standard InChI is InChI=1S/C22H30N2O3/c1-2-17-5-6-21-20(12-17)19(13-22(25)27-21)16-24-7-3-4-18(15-24)14-23-8-10-26-11-9-23/h5-6,12-13,18H,2-4,7-11,14-16H2,1H3.